The van der Waals surface area contributed by atoms with Crippen LogP contribution in [0.3, 0.4) is 0 Å². The average molecular weight is 318 g/mol. The molecule has 7 nitrogen and oxygen atoms in total. The third-order valence-electron chi connectivity index (χ3n) is 2.52. The first-order valence-electron chi connectivity index (χ1n) is 6.01. The number of benzene rings is 1. The first-order valence-corrected chi connectivity index (χ1v) is 7.82. The predicted octanol–water partition coefficient (Wildman–Crippen LogP) is 0.466. The number of carbonyl (C=O) groups is 1. The molecule has 8 heteroatoms. The van der Waals surface area contributed by atoms with Crippen molar-refractivity contribution in [2.45, 2.75) is 19.1 Å². The van der Waals surface area contributed by atoms with Crippen molar-refractivity contribution >= 4 is 16.1 Å². The number of esters is 1. The van der Waals surface area contributed by atoms with E-state index in [9.17, 15) is 18.3 Å². The number of aliphatic hydroxyl groups is 1. The molecule has 0 amide bonds. The quantitative estimate of drug-likeness (QED) is 0.576. The molecule has 0 aliphatic rings. The summed E-state index contributed by atoms with van der Waals surface area (Å²) >= 11 is 0. The van der Waals surface area contributed by atoms with Gasteiger partial charge in [0.25, 0.3) is 10.1 Å². The molecular formula is C13H18O7S. The zero-order chi connectivity index (χ0) is 16.1. The summed E-state index contributed by atoms with van der Waals surface area (Å²) in [7, 11) is -2.21. The lowest BCUT2D eigenvalue weighted by Gasteiger charge is -2.20. The Morgan fingerprint density at radius 3 is 2.33 bits per heavy atom. The van der Waals surface area contributed by atoms with E-state index in [0.717, 1.165) is 13.2 Å². The second-order valence-corrected chi connectivity index (χ2v) is 6.31. The smallest absolute Gasteiger partial charge is 0.340 e. The first-order chi connectivity index (χ1) is 9.64. The van der Waals surface area contributed by atoms with Crippen LogP contribution in [0.15, 0.2) is 24.3 Å². The van der Waals surface area contributed by atoms with Crippen molar-refractivity contribution in [3.63, 3.8) is 0 Å². The summed E-state index contributed by atoms with van der Waals surface area (Å²) in [6.45, 7) is 0.361. The van der Waals surface area contributed by atoms with Gasteiger partial charge in [0.2, 0.25) is 0 Å². The van der Waals surface area contributed by atoms with Crippen molar-refractivity contribution in [2.75, 3.05) is 20.0 Å². The Morgan fingerprint density at radius 1 is 1.29 bits per heavy atom. The highest BCUT2D eigenvalue weighted by molar-refractivity contribution is 7.85. The van der Waals surface area contributed by atoms with Crippen molar-refractivity contribution in [1.29, 1.82) is 0 Å². The summed E-state index contributed by atoms with van der Waals surface area (Å²) < 4.78 is 36.0. The minimum Gasteiger partial charge on any atom is -0.497 e. The Balaban J connectivity index is 2.54. The molecule has 0 radical (unpaired) electrons. The molecule has 0 aliphatic heterocycles. The zero-order valence-electron chi connectivity index (χ0n) is 12.0. The number of hydrogen-bond donors (Lipinski definition) is 1. The first kappa shape index (κ1) is 17.4. The lowest BCUT2D eigenvalue weighted by molar-refractivity contribution is -0.167. The Hall–Kier alpha value is -1.64. The van der Waals surface area contributed by atoms with Gasteiger partial charge in [-0.25, -0.2) is 4.79 Å². The fraction of sp³-hybridized carbons (Fsp3) is 0.462. The summed E-state index contributed by atoms with van der Waals surface area (Å²) in [6, 6.07) is 6.81. The van der Waals surface area contributed by atoms with Gasteiger partial charge < -0.3 is 14.6 Å². The number of rotatable bonds is 7. The van der Waals surface area contributed by atoms with Crippen LogP contribution < -0.4 is 4.74 Å². The molecule has 1 N–H and O–H groups in total. The molecule has 1 aromatic rings. The molecule has 1 aromatic carbocycles. The number of methoxy groups -OCH3 is 1. The minimum absolute atomic E-state index is 0.0577. The second kappa shape index (κ2) is 6.88. The van der Waals surface area contributed by atoms with Gasteiger partial charge in [0.05, 0.1) is 13.4 Å². The Morgan fingerprint density at radius 2 is 1.86 bits per heavy atom. The molecule has 1 atom stereocenters. The number of hydrogen-bond acceptors (Lipinski definition) is 7. The van der Waals surface area contributed by atoms with Gasteiger partial charge in [-0.2, -0.15) is 8.42 Å². The van der Waals surface area contributed by atoms with Gasteiger partial charge in [-0.05, 0) is 24.6 Å². The van der Waals surface area contributed by atoms with Crippen molar-refractivity contribution in [3.05, 3.63) is 29.8 Å². The summed E-state index contributed by atoms with van der Waals surface area (Å²) in [6.07, 6.45) is 0.825. The molecule has 0 fully saturated rings. The zero-order valence-corrected chi connectivity index (χ0v) is 12.8. The van der Waals surface area contributed by atoms with E-state index < -0.39 is 28.3 Å². The SMILES string of the molecule is COc1ccc(COC(=O)C(C)(O)COS(C)(=O)=O)cc1. The van der Waals surface area contributed by atoms with E-state index in [1.165, 1.54) is 7.11 Å². The average Bonchev–Trinajstić information content (AvgIpc) is 2.42. The summed E-state index contributed by atoms with van der Waals surface area (Å²) in [4.78, 5) is 11.7. The predicted molar refractivity (Wildman–Crippen MR) is 74.2 cm³/mol. The molecule has 0 aromatic heterocycles. The molecule has 21 heavy (non-hydrogen) atoms. The Labute approximate surface area is 123 Å². The Kier molecular flexibility index (Phi) is 5.70. The summed E-state index contributed by atoms with van der Waals surface area (Å²) in [5, 5.41) is 9.82. The maximum atomic E-state index is 11.7. The topological polar surface area (TPSA) is 99.1 Å². The van der Waals surface area contributed by atoms with Gasteiger partial charge in [-0.1, -0.05) is 12.1 Å². The maximum Gasteiger partial charge on any atom is 0.340 e. The normalized spacial score (nSPS) is 14.3. The minimum atomic E-state index is -3.75. The third-order valence-corrected chi connectivity index (χ3v) is 3.07. The number of carbonyl (C=O) groups excluding carboxylic acids is 1. The van der Waals surface area contributed by atoms with Gasteiger partial charge in [-0.15, -0.1) is 0 Å². The molecule has 0 aliphatic carbocycles. The van der Waals surface area contributed by atoms with Crippen LogP contribution in [0.25, 0.3) is 0 Å². The van der Waals surface area contributed by atoms with Crippen molar-refractivity contribution < 1.29 is 32.0 Å². The van der Waals surface area contributed by atoms with E-state index in [-0.39, 0.29) is 6.61 Å². The van der Waals surface area contributed by atoms with E-state index in [2.05, 4.69) is 4.18 Å². The van der Waals surface area contributed by atoms with Gasteiger partial charge in [-0.3, -0.25) is 4.18 Å². The van der Waals surface area contributed by atoms with Gasteiger partial charge >= 0.3 is 5.97 Å². The molecule has 1 unspecified atom stereocenters. The van der Waals surface area contributed by atoms with E-state index >= 15 is 0 Å². The Bertz CT molecular complexity index is 575. The summed E-state index contributed by atoms with van der Waals surface area (Å²) in [5.41, 5.74) is -1.35. The van der Waals surface area contributed by atoms with Crippen LogP contribution >= 0.6 is 0 Å². The molecule has 118 valence electrons. The van der Waals surface area contributed by atoms with Crippen molar-refractivity contribution in [1.82, 2.24) is 0 Å². The van der Waals surface area contributed by atoms with Crippen LogP contribution in [0.5, 0.6) is 5.75 Å². The van der Waals surface area contributed by atoms with Crippen LogP contribution in [0.4, 0.5) is 0 Å². The molecule has 1 rings (SSSR count). The molecule has 0 saturated heterocycles. The van der Waals surface area contributed by atoms with E-state index in [0.29, 0.717) is 11.3 Å². The monoisotopic (exact) mass is 318 g/mol. The highest BCUT2D eigenvalue weighted by atomic mass is 32.2. The fourth-order valence-corrected chi connectivity index (χ4v) is 1.75. The van der Waals surface area contributed by atoms with Gasteiger partial charge in [0, 0.05) is 0 Å². The largest absolute Gasteiger partial charge is 0.497 e. The highest BCUT2D eigenvalue weighted by Gasteiger charge is 2.34. The standard InChI is InChI=1S/C13H18O7S/c1-13(15,9-20-21(3,16)17)12(14)19-8-10-4-6-11(18-2)7-5-10/h4-7,15H,8-9H2,1-3H3. The van der Waals surface area contributed by atoms with E-state index in [1.54, 1.807) is 24.3 Å². The fourth-order valence-electron chi connectivity index (χ4n) is 1.31. The highest BCUT2D eigenvalue weighted by Crippen LogP contribution is 2.14. The van der Waals surface area contributed by atoms with Crippen LogP contribution in [0.2, 0.25) is 0 Å². The van der Waals surface area contributed by atoms with E-state index in [1.807, 2.05) is 0 Å². The van der Waals surface area contributed by atoms with Crippen molar-refractivity contribution in [3.8, 4) is 5.75 Å². The van der Waals surface area contributed by atoms with Crippen LogP contribution in [-0.2, 0) is 30.4 Å². The lowest BCUT2D eigenvalue weighted by atomic mass is 10.1. The lowest BCUT2D eigenvalue weighted by Crippen LogP contribution is -2.42. The number of ether oxygens (including phenoxy) is 2. The van der Waals surface area contributed by atoms with Crippen molar-refractivity contribution in [2.24, 2.45) is 0 Å². The molecule has 0 spiro atoms. The van der Waals surface area contributed by atoms with Crippen LogP contribution in [0.1, 0.15) is 12.5 Å². The van der Waals surface area contributed by atoms with Crippen LogP contribution in [0, 0.1) is 0 Å². The van der Waals surface area contributed by atoms with Gasteiger partial charge in [0.15, 0.2) is 5.60 Å². The maximum absolute atomic E-state index is 11.7. The molecular weight excluding hydrogens is 300 g/mol. The molecule has 0 bridgehead atoms. The second-order valence-electron chi connectivity index (χ2n) is 4.66. The van der Waals surface area contributed by atoms with E-state index in [4.69, 9.17) is 9.47 Å². The molecule has 0 heterocycles. The summed E-state index contributed by atoms with van der Waals surface area (Å²) in [5.74, 6) is -0.305. The molecule has 0 saturated carbocycles. The third kappa shape index (κ3) is 6.11. The van der Waals surface area contributed by atoms with Gasteiger partial charge in [0.1, 0.15) is 19.0 Å². The van der Waals surface area contributed by atoms with Crippen LogP contribution in [-0.4, -0.2) is 45.1 Å².